The lowest BCUT2D eigenvalue weighted by molar-refractivity contribution is 0.301. The Balaban J connectivity index is 1.47. The van der Waals surface area contributed by atoms with E-state index in [2.05, 4.69) is 29.6 Å². The molecule has 3 rings (SSSR count). The van der Waals surface area contributed by atoms with Crippen LogP contribution in [-0.2, 0) is 6.42 Å². The molecule has 2 aromatic rings. The second kappa shape index (κ2) is 5.87. The van der Waals surface area contributed by atoms with Crippen molar-refractivity contribution in [3.8, 4) is 11.5 Å². The Hall–Kier alpha value is -2.16. The molecule has 1 aliphatic rings. The number of hydrogen-bond acceptors (Lipinski definition) is 3. The van der Waals surface area contributed by atoms with Crippen molar-refractivity contribution in [2.24, 2.45) is 0 Å². The van der Waals surface area contributed by atoms with E-state index < -0.39 is 0 Å². The lowest BCUT2D eigenvalue weighted by Crippen LogP contribution is -2.18. The maximum Gasteiger partial charge on any atom is 0.119 e. The fourth-order valence-corrected chi connectivity index (χ4v) is 2.54. The van der Waals surface area contributed by atoms with E-state index in [9.17, 15) is 0 Å². The summed E-state index contributed by atoms with van der Waals surface area (Å²) in [6.45, 7) is 0.720. The molecule has 0 aromatic heterocycles. The molecule has 1 unspecified atom stereocenters. The van der Waals surface area contributed by atoms with Gasteiger partial charge in [0, 0.05) is 18.2 Å². The number of ether oxygens (including phenoxy) is 2. The van der Waals surface area contributed by atoms with Gasteiger partial charge in [-0.3, -0.25) is 0 Å². The van der Waals surface area contributed by atoms with Crippen LogP contribution in [0, 0.1) is 0 Å². The van der Waals surface area contributed by atoms with E-state index in [1.165, 1.54) is 11.3 Å². The number of fused-ring (bicyclic) bond motifs is 1. The van der Waals surface area contributed by atoms with Gasteiger partial charge in [0.15, 0.2) is 0 Å². The summed E-state index contributed by atoms with van der Waals surface area (Å²) in [6, 6.07) is 16.7. The van der Waals surface area contributed by atoms with Crippen molar-refractivity contribution in [2.75, 3.05) is 19.0 Å². The quantitative estimate of drug-likeness (QED) is 0.901. The first-order chi connectivity index (χ1) is 9.85. The first-order valence-corrected chi connectivity index (χ1v) is 6.96. The van der Waals surface area contributed by atoms with Crippen LogP contribution < -0.4 is 14.8 Å². The molecule has 0 fully saturated rings. The maximum atomic E-state index is 5.77. The molecule has 20 heavy (non-hydrogen) atoms. The zero-order chi connectivity index (χ0) is 13.8. The third kappa shape index (κ3) is 2.87. The summed E-state index contributed by atoms with van der Waals surface area (Å²) in [5.41, 5.74) is 2.67. The Morgan fingerprint density at radius 1 is 1.05 bits per heavy atom. The lowest BCUT2D eigenvalue weighted by Gasteiger charge is -2.12. The monoisotopic (exact) mass is 269 g/mol. The molecule has 2 aromatic carbocycles. The van der Waals surface area contributed by atoms with Gasteiger partial charge in [-0.15, -0.1) is 0 Å². The molecule has 0 bridgehead atoms. The Morgan fingerprint density at radius 3 is 2.55 bits per heavy atom. The van der Waals surface area contributed by atoms with E-state index in [1.807, 2.05) is 24.3 Å². The van der Waals surface area contributed by atoms with Gasteiger partial charge >= 0.3 is 0 Å². The van der Waals surface area contributed by atoms with Crippen molar-refractivity contribution in [1.82, 2.24) is 0 Å². The fraction of sp³-hybridized carbons (Fsp3) is 0.294. The highest BCUT2D eigenvalue weighted by molar-refractivity contribution is 5.56. The first kappa shape index (κ1) is 12.9. The molecule has 1 heterocycles. The van der Waals surface area contributed by atoms with Gasteiger partial charge in [-0.2, -0.15) is 0 Å². The molecule has 1 aliphatic heterocycles. The van der Waals surface area contributed by atoms with Crippen molar-refractivity contribution in [1.29, 1.82) is 0 Å². The molecule has 0 amide bonds. The molecular formula is C17H19NO2. The second-order valence-corrected chi connectivity index (χ2v) is 5.02. The van der Waals surface area contributed by atoms with Gasteiger partial charge < -0.3 is 14.8 Å². The molecule has 0 saturated heterocycles. The van der Waals surface area contributed by atoms with Crippen LogP contribution in [0.2, 0.25) is 0 Å². The third-order valence-electron chi connectivity index (χ3n) is 3.64. The smallest absolute Gasteiger partial charge is 0.119 e. The summed E-state index contributed by atoms with van der Waals surface area (Å²) in [4.78, 5) is 0. The summed E-state index contributed by atoms with van der Waals surface area (Å²) >= 11 is 0. The van der Waals surface area contributed by atoms with Gasteiger partial charge in [-0.1, -0.05) is 18.2 Å². The summed E-state index contributed by atoms with van der Waals surface area (Å²) < 4.78 is 10.9. The Bertz CT molecular complexity index is 540. The third-order valence-corrected chi connectivity index (χ3v) is 3.64. The molecule has 1 atom stereocenters. The Labute approximate surface area is 119 Å². The summed E-state index contributed by atoms with van der Waals surface area (Å²) in [5, 5.41) is 3.54. The van der Waals surface area contributed by atoms with Crippen LogP contribution in [-0.4, -0.2) is 19.8 Å². The van der Waals surface area contributed by atoms with Gasteiger partial charge in [0.25, 0.3) is 0 Å². The van der Waals surface area contributed by atoms with Gasteiger partial charge in [-0.25, -0.2) is 0 Å². The molecular weight excluding hydrogens is 250 g/mol. The van der Waals surface area contributed by atoms with Gasteiger partial charge in [0.1, 0.15) is 11.5 Å². The first-order valence-electron chi connectivity index (χ1n) is 6.96. The molecule has 0 aliphatic carbocycles. The maximum absolute atomic E-state index is 5.77. The second-order valence-electron chi connectivity index (χ2n) is 5.02. The number of nitrogens with one attached hydrogen (secondary N) is 1. The van der Waals surface area contributed by atoms with Crippen LogP contribution in [0.25, 0.3) is 0 Å². The SMILES string of the molecule is COc1ccc(OCCC2Cc3ccccc3N2)cc1. The molecule has 0 saturated carbocycles. The van der Waals surface area contributed by atoms with Crippen LogP contribution in [0.5, 0.6) is 11.5 Å². The predicted molar refractivity (Wildman–Crippen MR) is 80.7 cm³/mol. The van der Waals surface area contributed by atoms with E-state index in [0.29, 0.717) is 6.04 Å². The number of hydrogen-bond donors (Lipinski definition) is 1. The number of rotatable bonds is 5. The van der Waals surface area contributed by atoms with Crippen molar-refractivity contribution < 1.29 is 9.47 Å². The van der Waals surface area contributed by atoms with E-state index in [4.69, 9.17) is 9.47 Å². The molecule has 0 spiro atoms. The molecule has 0 radical (unpaired) electrons. The average Bonchev–Trinajstić information content (AvgIpc) is 2.90. The van der Waals surface area contributed by atoms with E-state index in [-0.39, 0.29) is 0 Å². The summed E-state index contributed by atoms with van der Waals surface area (Å²) in [6.07, 6.45) is 2.09. The van der Waals surface area contributed by atoms with Crippen LogP contribution in [0.4, 0.5) is 5.69 Å². The highest BCUT2D eigenvalue weighted by Gasteiger charge is 2.19. The van der Waals surface area contributed by atoms with Crippen molar-refractivity contribution in [3.63, 3.8) is 0 Å². The Morgan fingerprint density at radius 2 is 1.80 bits per heavy atom. The highest BCUT2D eigenvalue weighted by atomic mass is 16.5. The summed E-state index contributed by atoms with van der Waals surface area (Å²) in [7, 11) is 1.67. The molecule has 3 heteroatoms. The normalized spacial score (nSPS) is 16.4. The number of benzene rings is 2. The number of anilines is 1. The number of para-hydroxylation sites is 1. The minimum Gasteiger partial charge on any atom is -0.497 e. The van der Waals surface area contributed by atoms with Crippen molar-refractivity contribution in [3.05, 3.63) is 54.1 Å². The minimum absolute atomic E-state index is 0.477. The van der Waals surface area contributed by atoms with Crippen LogP contribution in [0.1, 0.15) is 12.0 Å². The van der Waals surface area contributed by atoms with Gasteiger partial charge in [0.2, 0.25) is 0 Å². The Kier molecular flexibility index (Phi) is 3.77. The predicted octanol–water partition coefficient (Wildman–Crippen LogP) is 3.50. The van der Waals surface area contributed by atoms with Crippen molar-refractivity contribution in [2.45, 2.75) is 18.9 Å². The standard InChI is InChI=1S/C17H19NO2/c1-19-15-6-8-16(9-7-15)20-11-10-14-12-13-4-2-3-5-17(13)18-14/h2-9,14,18H,10-12H2,1H3. The van der Waals surface area contributed by atoms with Gasteiger partial charge in [0.05, 0.1) is 13.7 Å². The van der Waals surface area contributed by atoms with Crippen LogP contribution >= 0.6 is 0 Å². The van der Waals surface area contributed by atoms with Crippen LogP contribution in [0.3, 0.4) is 0 Å². The van der Waals surface area contributed by atoms with E-state index in [0.717, 1.165) is 30.9 Å². The zero-order valence-corrected chi connectivity index (χ0v) is 11.6. The molecule has 1 N–H and O–H groups in total. The van der Waals surface area contributed by atoms with E-state index >= 15 is 0 Å². The van der Waals surface area contributed by atoms with Crippen molar-refractivity contribution >= 4 is 5.69 Å². The fourth-order valence-electron chi connectivity index (χ4n) is 2.54. The average molecular weight is 269 g/mol. The van der Waals surface area contributed by atoms with E-state index in [1.54, 1.807) is 7.11 Å². The molecule has 3 nitrogen and oxygen atoms in total. The summed E-state index contributed by atoms with van der Waals surface area (Å²) in [5.74, 6) is 1.74. The lowest BCUT2D eigenvalue weighted by atomic mass is 10.1. The topological polar surface area (TPSA) is 30.5 Å². The van der Waals surface area contributed by atoms with Gasteiger partial charge in [-0.05, 0) is 42.3 Å². The molecule has 104 valence electrons. The van der Waals surface area contributed by atoms with Crippen LogP contribution in [0.15, 0.2) is 48.5 Å². The largest absolute Gasteiger partial charge is 0.497 e. The minimum atomic E-state index is 0.477. The zero-order valence-electron chi connectivity index (χ0n) is 11.6. The number of methoxy groups -OCH3 is 1. The highest BCUT2D eigenvalue weighted by Crippen LogP contribution is 2.26.